The van der Waals surface area contributed by atoms with Gasteiger partial charge in [-0.1, -0.05) is 12.1 Å². The molecule has 2 atom stereocenters. The first-order valence-corrected chi connectivity index (χ1v) is 7.30. The molecule has 106 valence electrons. The van der Waals surface area contributed by atoms with Crippen LogP contribution in [-0.4, -0.2) is 35.7 Å². The maximum atomic E-state index is 13.1. The highest BCUT2D eigenvalue weighted by molar-refractivity contribution is 5.16. The monoisotopic (exact) mass is 265 g/mol. The molecule has 0 aliphatic carbocycles. The van der Waals surface area contributed by atoms with Gasteiger partial charge < -0.3 is 10.0 Å². The standard InChI is InChI=1S/C16H24FNO/c1-13(19)15-7-4-10-18(12-15)9-3-6-14-5-2-8-16(17)11-14/h2,5,8,11,13,15,19H,3-4,6-7,9-10,12H2,1H3. The van der Waals surface area contributed by atoms with Crippen molar-refractivity contribution in [1.29, 1.82) is 0 Å². The normalized spacial score (nSPS) is 22.4. The number of hydrogen-bond donors (Lipinski definition) is 1. The Morgan fingerprint density at radius 1 is 1.47 bits per heavy atom. The summed E-state index contributed by atoms with van der Waals surface area (Å²) in [6.45, 7) is 5.06. The second-order valence-corrected chi connectivity index (χ2v) is 5.68. The second-order valence-electron chi connectivity index (χ2n) is 5.68. The quantitative estimate of drug-likeness (QED) is 0.885. The third kappa shape index (κ3) is 4.59. The third-order valence-electron chi connectivity index (χ3n) is 4.05. The van der Waals surface area contributed by atoms with Crippen LogP contribution in [0.2, 0.25) is 0 Å². The van der Waals surface area contributed by atoms with E-state index in [1.165, 1.54) is 12.5 Å². The van der Waals surface area contributed by atoms with Crippen molar-refractivity contribution in [3.8, 4) is 0 Å². The van der Waals surface area contributed by atoms with E-state index in [0.717, 1.165) is 44.5 Å². The lowest BCUT2D eigenvalue weighted by Gasteiger charge is -2.34. The van der Waals surface area contributed by atoms with E-state index in [1.54, 1.807) is 12.1 Å². The fourth-order valence-electron chi connectivity index (χ4n) is 2.89. The van der Waals surface area contributed by atoms with Crippen LogP contribution in [0, 0.1) is 11.7 Å². The number of piperidine rings is 1. The van der Waals surface area contributed by atoms with Gasteiger partial charge in [0, 0.05) is 6.54 Å². The molecule has 2 nitrogen and oxygen atoms in total. The fraction of sp³-hybridized carbons (Fsp3) is 0.625. The molecule has 19 heavy (non-hydrogen) atoms. The average molecular weight is 265 g/mol. The molecule has 1 aliphatic rings. The number of rotatable bonds is 5. The molecule has 1 fully saturated rings. The van der Waals surface area contributed by atoms with Crippen LogP contribution in [0.25, 0.3) is 0 Å². The zero-order valence-electron chi connectivity index (χ0n) is 11.7. The first kappa shape index (κ1) is 14.5. The summed E-state index contributed by atoms with van der Waals surface area (Å²) in [5.74, 6) is 0.271. The molecule has 0 spiro atoms. The topological polar surface area (TPSA) is 23.5 Å². The van der Waals surface area contributed by atoms with Gasteiger partial charge in [-0.3, -0.25) is 0 Å². The molecule has 1 aromatic rings. The summed E-state index contributed by atoms with van der Waals surface area (Å²) < 4.78 is 13.1. The maximum Gasteiger partial charge on any atom is 0.123 e. The van der Waals surface area contributed by atoms with Gasteiger partial charge in [-0.05, 0) is 69.3 Å². The van der Waals surface area contributed by atoms with Crippen molar-refractivity contribution in [3.05, 3.63) is 35.6 Å². The molecule has 1 heterocycles. The number of hydrogen-bond acceptors (Lipinski definition) is 2. The van der Waals surface area contributed by atoms with E-state index >= 15 is 0 Å². The van der Waals surface area contributed by atoms with Gasteiger partial charge in [-0.2, -0.15) is 0 Å². The van der Waals surface area contributed by atoms with Gasteiger partial charge in [-0.25, -0.2) is 4.39 Å². The minimum absolute atomic E-state index is 0.148. The van der Waals surface area contributed by atoms with Crippen molar-refractivity contribution in [2.75, 3.05) is 19.6 Å². The fourth-order valence-corrected chi connectivity index (χ4v) is 2.89. The van der Waals surface area contributed by atoms with Gasteiger partial charge in [0.15, 0.2) is 0 Å². The lowest BCUT2D eigenvalue weighted by molar-refractivity contribution is 0.0625. The molecule has 3 heteroatoms. The van der Waals surface area contributed by atoms with E-state index in [-0.39, 0.29) is 11.9 Å². The van der Waals surface area contributed by atoms with Crippen LogP contribution >= 0.6 is 0 Å². The number of benzene rings is 1. The Kier molecular flexibility index (Phi) is 5.34. The van der Waals surface area contributed by atoms with Crippen LogP contribution < -0.4 is 0 Å². The van der Waals surface area contributed by atoms with Gasteiger partial charge in [0.05, 0.1) is 6.10 Å². The summed E-state index contributed by atoms with van der Waals surface area (Å²) in [5.41, 5.74) is 1.07. The molecule has 1 N–H and O–H groups in total. The van der Waals surface area contributed by atoms with Crippen molar-refractivity contribution in [2.45, 2.75) is 38.7 Å². The number of aliphatic hydroxyl groups excluding tert-OH is 1. The number of nitrogens with zero attached hydrogens (tertiary/aromatic N) is 1. The zero-order valence-corrected chi connectivity index (χ0v) is 11.7. The van der Waals surface area contributed by atoms with E-state index in [1.807, 2.05) is 13.0 Å². The lowest BCUT2D eigenvalue weighted by Crippen LogP contribution is -2.40. The molecular weight excluding hydrogens is 241 g/mol. The van der Waals surface area contributed by atoms with Crippen LogP contribution in [-0.2, 0) is 6.42 Å². The molecule has 2 unspecified atom stereocenters. The Morgan fingerprint density at radius 2 is 2.32 bits per heavy atom. The summed E-state index contributed by atoms with van der Waals surface area (Å²) in [6, 6.07) is 6.86. The maximum absolute atomic E-state index is 13.1. The summed E-state index contributed by atoms with van der Waals surface area (Å²) in [4.78, 5) is 2.43. The van der Waals surface area contributed by atoms with Crippen LogP contribution in [0.5, 0.6) is 0 Å². The first-order valence-electron chi connectivity index (χ1n) is 7.30. The molecule has 1 aliphatic heterocycles. The molecule has 2 rings (SSSR count). The van der Waals surface area contributed by atoms with Crippen molar-refractivity contribution < 1.29 is 9.50 Å². The minimum atomic E-state index is -0.203. The first-order chi connectivity index (χ1) is 9.15. The molecule has 0 aromatic heterocycles. The Balaban J connectivity index is 1.73. The number of aryl methyl sites for hydroxylation is 1. The highest BCUT2D eigenvalue weighted by Crippen LogP contribution is 2.20. The summed E-state index contributed by atoms with van der Waals surface area (Å²) >= 11 is 0. The van der Waals surface area contributed by atoms with Crippen molar-refractivity contribution in [1.82, 2.24) is 4.90 Å². The van der Waals surface area contributed by atoms with Crippen molar-refractivity contribution >= 4 is 0 Å². The van der Waals surface area contributed by atoms with Crippen molar-refractivity contribution in [3.63, 3.8) is 0 Å². The largest absolute Gasteiger partial charge is 0.393 e. The predicted octanol–water partition coefficient (Wildman–Crippen LogP) is 2.85. The summed E-state index contributed by atoms with van der Waals surface area (Å²) in [5, 5.41) is 9.66. The Bertz CT molecular complexity index is 394. The van der Waals surface area contributed by atoms with Gasteiger partial charge >= 0.3 is 0 Å². The Hall–Kier alpha value is -0.930. The SMILES string of the molecule is CC(O)C1CCCN(CCCc2cccc(F)c2)C1. The van der Waals surface area contributed by atoms with E-state index in [0.29, 0.717) is 5.92 Å². The number of halogens is 1. The van der Waals surface area contributed by atoms with Crippen molar-refractivity contribution in [2.24, 2.45) is 5.92 Å². The Labute approximate surface area is 115 Å². The molecule has 0 bridgehead atoms. The molecule has 1 saturated heterocycles. The van der Waals surface area contributed by atoms with E-state index in [4.69, 9.17) is 0 Å². The molecular formula is C16H24FNO. The van der Waals surface area contributed by atoms with Gasteiger partial charge in [0.2, 0.25) is 0 Å². The lowest BCUT2D eigenvalue weighted by atomic mass is 9.93. The summed E-state index contributed by atoms with van der Waals surface area (Å²) in [6.07, 6.45) is 4.09. The smallest absolute Gasteiger partial charge is 0.123 e. The third-order valence-corrected chi connectivity index (χ3v) is 4.05. The molecule has 0 radical (unpaired) electrons. The van der Waals surface area contributed by atoms with E-state index in [2.05, 4.69) is 4.90 Å². The molecule has 0 amide bonds. The van der Waals surface area contributed by atoms with Gasteiger partial charge in [-0.15, -0.1) is 0 Å². The van der Waals surface area contributed by atoms with Crippen LogP contribution in [0.4, 0.5) is 4.39 Å². The zero-order chi connectivity index (χ0) is 13.7. The van der Waals surface area contributed by atoms with Crippen LogP contribution in [0.3, 0.4) is 0 Å². The second kappa shape index (κ2) is 7.01. The molecule has 1 aromatic carbocycles. The number of aliphatic hydroxyl groups is 1. The average Bonchev–Trinajstić information content (AvgIpc) is 2.39. The number of likely N-dealkylation sites (tertiary alicyclic amines) is 1. The highest BCUT2D eigenvalue weighted by Gasteiger charge is 2.22. The van der Waals surface area contributed by atoms with Gasteiger partial charge in [0.1, 0.15) is 5.82 Å². The predicted molar refractivity (Wildman–Crippen MR) is 75.6 cm³/mol. The van der Waals surface area contributed by atoms with Crippen LogP contribution in [0.15, 0.2) is 24.3 Å². The van der Waals surface area contributed by atoms with E-state index < -0.39 is 0 Å². The van der Waals surface area contributed by atoms with E-state index in [9.17, 15) is 9.50 Å². The highest BCUT2D eigenvalue weighted by atomic mass is 19.1. The van der Waals surface area contributed by atoms with Crippen LogP contribution in [0.1, 0.15) is 31.7 Å². The van der Waals surface area contributed by atoms with Gasteiger partial charge in [0.25, 0.3) is 0 Å². The summed E-state index contributed by atoms with van der Waals surface area (Å²) in [7, 11) is 0. The molecule has 0 saturated carbocycles. The Morgan fingerprint density at radius 3 is 3.05 bits per heavy atom. The minimum Gasteiger partial charge on any atom is -0.393 e.